The molecule has 0 spiro atoms. The molecule has 8 heteroatoms. The van der Waals surface area contributed by atoms with Crippen molar-refractivity contribution < 1.29 is 13.2 Å². The molecule has 0 radical (unpaired) electrons. The first-order chi connectivity index (χ1) is 14.0. The average molecular weight is 434 g/mol. The number of hydrogen-bond acceptors (Lipinski definition) is 5. The van der Waals surface area contributed by atoms with Crippen molar-refractivity contribution in [3.05, 3.63) is 41.4 Å². The SMILES string of the molecule is CCS(=O)(=O)N1CCC(NC(=O)C2CC=CCC2c2nc3ccccc3s2)CC1. The van der Waals surface area contributed by atoms with E-state index in [2.05, 4.69) is 23.5 Å². The lowest BCUT2D eigenvalue weighted by molar-refractivity contribution is -0.126. The molecule has 0 bridgehead atoms. The number of hydrogen-bond donors (Lipinski definition) is 1. The quantitative estimate of drug-likeness (QED) is 0.734. The first-order valence-corrected chi connectivity index (χ1v) is 12.7. The second-order valence-electron chi connectivity index (χ2n) is 7.76. The van der Waals surface area contributed by atoms with Gasteiger partial charge in [-0.3, -0.25) is 4.79 Å². The van der Waals surface area contributed by atoms with Crippen LogP contribution in [0.3, 0.4) is 0 Å². The Morgan fingerprint density at radius 3 is 2.66 bits per heavy atom. The number of para-hydroxylation sites is 1. The van der Waals surface area contributed by atoms with E-state index in [1.165, 1.54) is 0 Å². The molecule has 2 aromatic rings. The van der Waals surface area contributed by atoms with Gasteiger partial charge >= 0.3 is 0 Å². The van der Waals surface area contributed by atoms with E-state index in [1.54, 1.807) is 22.6 Å². The number of amides is 1. The highest BCUT2D eigenvalue weighted by molar-refractivity contribution is 7.89. The van der Waals surface area contributed by atoms with E-state index in [9.17, 15) is 13.2 Å². The summed E-state index contributed by atoms with van der Waals surface area (Å²) in [5.41, 5.74) is 0.991. The number of nitrogens with zero attached hydrogens (tertiary/aromatic N) is 2. The maximum atomic E-state index is 13.1. The molecule has 2 atom stereocenters. The van der Waals surface area contributed by atoms with Gasteiger partial charge < -0.3 is 5.32 Å². The van der Waals surface area contributed by atoms with Crippen LogP contribution in [0.15, 0.2) is 36.4 Å². The van der Waals surface area contributed by atoms with Crippen molar-refractivity contribution in [2.75, 3.05) is 18.8 Å². The summed E-state index contributed by atoms with van der Waals surface area (Å²) in [6.07, 6.45) is 7.11. The van der Waals surface area contributed by atoms with E-state index in [1.807, 2.05) is 18.2 Å². The van der Waals surface area contributed by atoms with Gasteiger partial charge in [0.25, 0.3) is 0 Å². The molecule has 2 unspecified atom stereocenters. The molecule has 1 aromatic heterocycles. The highest BCUT2D eigenvalue weighted by Gasteiger charge is 2.34. The van der Waals surface area contributed by atoms with Crippen molar-refractivity contribution >= 4 is 37.5 Å². The number of benzene rings is 1. The van der Waals surface area contributed by atoms with Crippen molar-refractivity contribution in [2.24, 2.45) is 5.92 Å². The third-order valence-electron chi connectivity index (χ3n) is 5.96. The van der Waals surface area contributed by atoms with Crippen LogP contribution in [0.1, 0.15) is 43.5 Å². The van der Waals surface area contributed by atoms with Gasteiger partial charge in [0.05, 0.1) is 26.9 Å². The predicted octanol–water partition coefficient (Wildman–Crippen LogP) is 3.28. The van der Waals surface area contributed by atoms with Crippen LogP contribution in [0.2, 0.25) is 0 Å². The van der Waals surface area contributed by atoms with Crippen LogP contribution in [0.5, 0.6) is 0 Å². The molecule has 156 valence electrons. The number of nitrogens with one attached hydrogen (secondary N) is 1. The van der Waals surface area contributed by atoms with Crippen LogP contribution in [0.4, 0.5) is 0 Å². The van der Waals surface area contributed by atoms with Gasteiger partial charge in [-0.2, -0.15) is 0 Å². The number of carbonyl (C=O) groups excluding carboxylic acids is 1. The van der Waals surface area contributed by atoms with Crippen molar-refractivity contribution in [3.63, 3.8) is 0 Å². The van der Waals surface area contributed by atoms with Crippen LogP contribution >= 0.6 is 11.3 Å². The number of piperidine rings is 1. The van der Waals surface area contributed by atoms with Crippen LogP contribution in [-0.4, -0.2) is 48.5 Å². The largest absolute Gasteiger partial charge is 0.353 e. The Morgan fingerprint density at radius 2 is 1.93 bits per heavy atom. The Kier molecular flexibility index (Phi) is 6.03. The molecule has 1 amide bonds. The Balaban J connectivity index is 1.43. The molecule has 0 saturated carbocycles. The molecule has 29 heavy (non-hydrogen) atoms. The molecular weight excluding hydrogens is 406 g/mol. The lowest BCUT2D eigenvalue weighted by Crippen LogP contribution is -2.48. The van der Waals surface area contributed by atoms with Gasteiger partial charge in [-0.15, -0.1) is 11.3 Å². The summed E-state index contributed by atoms with van der Waals surface area (Å²) in [7, 11) is -3.15. The number of carbonyl (C=O) groups is 1. The fourth-order valence-corrected chi connectivity index (χ4v) is 6.47. The zero-order valence-electron chi connectivity index (χ0n) is 16.6. The van der Waals surface area contributed by atoms with E-state index in [0.717, 1.165) is 28.1 Å². The summed E-state index contributed by atoms with van der Waals surface area (Å²) in [6, 6.07) is 8.12. The molecule has 1 N–H and O–H groups in total. The van der Waals surface area contributed by atoms with Crippen LogP contribution < -0.4 is 5.32 Å². The third-order valence-corrected chi connectivity index (χ3v) is 9.01. The first-order valence-electron chi connectivity index (χ1n) is 10.3. The minimum absolute atomic E-state index is 0.0349. The highest BCUT2D eigenvalue weighted by atomic mass is 32.2. The highest BCUT2D eigenvalue weighted by Crippen LogP contribution is 2.38. The Hall–Kier alpha value is -1.77. The summed E-state index contributed by atoms with van der Waals surface area (Å²) < 4.78 is 26.8. The summed E-state index contributed by atoms with van der Waals surface area (Å²) in [6.45, 7) is 2.63. The molecule has 1 aromatic carbocycles. The standard InChI is InChI=1S/C21H27N3O3S2/c1-2-29(26,27)24-13-11-15(12-14-24)22-20(25)16-7-3-4-8-17(16)21-23-18-9-5-6-10-19(18)28-21/h3-6,9-10,15-17H,2,7-8,11-14H2,1H3,(H,22,25). The van der Waals surface area contributed by atoms with E-state index < -0.39 is 10.0 Å². The summed E-state index contributed by atoms with van der Waals surface area (Å²) >= 11 is 1.68. The second kappa shape index (κ2) is 8.53. The predicted molar refractivity (Wildman–Crippen MR) is 116 cm³/mol. The van der Waals surface area contributed by atoms with Gasteiger partial charge in [0.15, 0.2) is 0 Å². The lowest BCUT2D eigenvalue weighted by Gasteiger charge is -2.33. The number of allylic oxidation sites excluding steroid dienone is 2. The smallest absolute Gasteiger partial charge is 0.224 e. The molecule has 1 fully saturated rings. The Morgan fingerprint density at radius 1 is 1.21 bits per heavy atom. The lowest BCUT2D eigenvalue weighted by atomic mass is 9.82. The van der Waals surface area contributed by atoms with Gasteiger partial charge in [0.2, 0.25) is 15.9 Å². The topological polar surface area (TPSA) is 79.4 Å². The molecule has 1 aliphatic carbocycles. The normalized spacial score (nSPS) is 24.0. The summed E-state index contributed by atoms with van der Waals surface area (Å²) in [4.78, 5) is 17.9. The van der Waals surface area contributed by atoms with Crippen LogP contribution in [0, 0.1) is 5.92 Å². The third kappa shape index (κ3) is 4.39. The minimum Gasteiger partial charge on any atom is -0.353 e. The van der Waals surface area contributed by atoms with Crippen molar-refractivity contribution in [3.8, 4) is 0 Å². The number of aromatic nitrogens is 1. The maximum Gasteiger partial charge on any atom is 0.224 e. The van der Waals surface area contributed by atoms with Crippen LogP contribution in [-0.2, 0) is 14.8 Å². The second-order valence-corrected chi connectivity index (χ2v) is 11.1. The van der Waals surface area contributed by atoms with Crippen molar-refractivity contribution in [1.29, 1.82) is 0 Å². The number of thiazole rings is 1. The van der Waals surface area contributed by atoms with E-state index in [0.29, 0.717) is 25.9 Å². The van der Waals surface area contributed by atoms with Gasteiger partial charge in [0, 0.05) is 25.0 Å². The summed E-state index contributed by atoms with van der Waals surface area (Å²) in [5, 5.41) is 4.22. The van der Waals surface area contributed by atoms with E-state index >= 15 is 0 Å². The molecule has 2 heterocycles. The average Bonchev–Trinajstić information content (AvgIpc) is 3.18. The molecule has 2 aliphatic rings. The molecule has 1 saturated heterocycles. The number of sulfonamides is 1. The summed E-state index contributed by atoms with van der Waals surface area (Å²) in [5.74, 6) is 0.161. The maximum absolute atomic E-state index is 13.1. The first kappa shape index (κ1) is 20.5. The van der Waals surface area contributed by atoms with Crippen molar-refractivity contribution in [2.45, 2.75) is 44.6 Å². The Bertz CT molecular complexity index is 974. The fraction of sp³-hybridized carbons (Fsp3) is 0.524. The monoisotopic (exact) mass is 433 g/mol. The molecule has 4 rings (SSSR count). The van der Waals surface area contributed by atoms with Gasteiger partial charge in [-0.25, -0.2) is 17.7 Å². The van der Waals surface area contributed by atoms with Gasteiger partial charge in [0.1, 0.15) is 0 Å². The van der Waals surface area contributed by atoms with E-state index in [-0.39, 0.29) is 29.5 Å². The number of fused-ring (bicyclic) bond motifs is 1. The Labute approximate surface area is 176 Å². The zero-order chi connectivity index (χ0) is 20.4. The van der Waals surface area contributed by atoms with Crippen LogP contribution in [0.25, 0.3) is 10.2 Å². The van der Waals surface area contributed by atoms with E-state index in [4.69, 9.17) is 4.98 Å². The molecular formula is C21H27N3O3S2. The van der Waals surface area contributed by atoms with Gasteiger partial charge in [-0.1, -0.05) is 24.3 Å². The van der Waals surface area contributed by atoms with Crippen molar-refractivity contribution in [1.82, 2.24) is 14.6 Å². The number of rotatable bonds is 5. The molecule has 1 aliphatic heterocycles. The van der Waals surface area contributed by atoms with Gasteiger partial charge in [-0.05, 0) is 44.7 Å². The molecule has 6 nitrogen and oxygen atoms in total. The minimum atomic E-state index is -3.15. The fourth-order valence-electron chi connectivity index (χ4n) is 4.19. The zero-order valence-corrected chi connectivity index (χ0v) is 18.2.